The Morgan fingerprint density at radius 3 is 2.59 bits per heavy atom. The third-order valence-corrected chi connectivity index (χ3v) is 5.92. The summed E-state index contributed by atoms with van der Waals surface area (Å²) in [5.74, 6) is 1.15. The van der Waals surface area contributed by atoms with Crippen molar-refractivity contribution in [3.63, 3.8) is 0 Å². The average Bonchev–Trinajstić information content (AvgIpc) is 3.16. The second-order valence-corrected chi connectivity index (χ2v) is 8.63. The van der Waals surface area contributed by atoms with Gasteiger partial charge in [-0.15, -0.1) is 5.10 Å². The molecule has 1 aliphatic rings. The van der Waals surface area contributed by atoms with Gasteiger partial charge in [0.2, 0.25) is 5.69 Å². The van der Waals surface area contributed by atoms with Crippen molar-refractivity contribution < 1.29 is 19.0 Å². The minimum absolute atomic E-state index is 0.0680. The van der Waals surface area contributed by atoms with Crippen molar-refractivity contribution in [3.8, 4) is 17.4 Å². The summed E-state index contributed by atoms with van der Waals surface area (Å²) in [6.45, 7) is 6.95. The van der Waals surface area contributed by atoms with Gasteiger partial charge in [0.15, 0.2) is 0 Å². The molecule has 0 unspecified atom stereocenters. The van der Waals surface area contributed by atoms with Crippen LogP contribution in [0.25, 0.3) is 0 Å². The molecule has 7 heteroatoms. The predicted octanol–water partition coefficient (Wildman–Crippen LogP) is 4.92. The maximum atomic E-state index is 12.5. The number of hydrogen-bond acceptors (Lipinski definition) is 6. The number of fused-ring (bicyclic) bond motifs is 1. The molecule has 0 aliphatic heterocycles. The summed E-state index contributed by atoms with van der Waals surface area (Å²) >= 11 is 0. The second-order valence-electron chi connectivity index (χ2n) is 8.63. The Morgan fingerprint density at radius 1 is 1.12 bits per heavy atom. The zero-order chi connectivity index (χ0) is 22.7. The van der Waals surface area contributed by atoms with Gasteiger partial charge in [0.05, 0.1) is 20.3 Å². The smallest absolute Gasteiger partial charge is 0.364 e. The fraction of sp³-hybridized carbons (Fsp3) is 0.400. The molecular weight excluding hydrogens is 406 g/mol. The molecule has 0 radical (unpaired) electrons. The van der Waals surface area contributed by atoms with Gasteiger partial charge in [-0.25, -0.2) is 9.48 Å². The fourth-order valence-electron chi connectivity index (χ4n) is 4.21. The number of esters is 1. The standard InChI is InChI=1S/C25H29N3O4/c1-5-31-24(29)22-23(28(27-26-22)16-17-8-10-19(30-4)11-9-17)32-20-12-13-21-18(15-20)7-6-14-25(21,2)3/h8-13,15H,5-7,14,16H2,1-4H3. The fourth-order valence-corrected chi connectivity index (χ4v) is 4.21. The average molecular weight is 436 g/mol. The number of hydrogen-bond donors (Lipinski definition) is 0. The van der Waals surface area contributed by atoms with Crippen LogP contribution in [0.4, 0.5) is 0 Å². The number of aromatic nitrogens is 3. The summed E-state index contributed by atoms with van der Waals surface area (Å²) in [5.41, 5.74) is 3.83. The van der Waals surface area contributed by atoms with Gasteiger partial charge in [0.25, 0.3) is 5.88 Å². The van der Waals surface area contributed by atoms with Gasteiger partial charge in [-0.1, -0.05) is 37.3 Å². The normalized spacial score (nSPS) is 14.5. The zero-order valence-electron chi connectivity index (χ0n) is 19.1. The summed E-state index contributed by atoms with van der Waals surface area (Å²) in [4.78, 5) is 12.5. The summed E-state index contributed by atoms with van der Waals surface area (Å²) in [5, 5.41) is 8.23. The Bertz CT molecular complexity index is 1100. The third-order valence-electron chi connectivity index (χ3n) is 5.92. The molecular formula is C25H29N3O4. The van der Waals surface area contributed by atoms with Gasteiger partial charge < -0.3 is 14.2 Å². The van der Waals surface area contributed by atoms with Crippen molar-refractivity contribution in [1.82, 2.24) is 15.0 Å². The topological polar surface area (TPSA) is 75.5 Å². The predicted molar refractivity (Wildman–Crippen MR) is 121 cm³/mol. The molecule has 0 fully saturated rings. The van der Waals surface area contributed by atoms with Crippen LogP contribution in [0.15, 0.2) is 42.5 Å². The molecule has 0 saturated heterocycles. The largest absolute Gasteiger partial charge is 0.497 e. The van der Waals surface area contributed by atoms with Crippen LogP contribution in [-0.4, -0.2) is 34.7 Å². The number of methoxy groups -OCH3 is 1. The zero-order valence-corrected chi connectivity index (χ0v) is 19.1. The molecule has 1 heterocycles. The number of nitrogens with zero attached hydrogens (tertiary/aromatic N) is 3. The number of carbonyl (C=O) groups is 1. The van der Waals surface area contributed by atoms with Gasteiger partial charge in [-0.3, -0.25) is 0 Å². The molecule has 0 saturated carbocycles. The minimum Gasteiger partial charge on any atom is -0.497 e. The quantitative estimate of drug-likeness (QED) is 0.491. The van der Waals surface area contributed by atoms with E-state index in [-0.39, 0.29) is 23.6 Å². The highest BCUT2D eigenvalue weighted by atomic mass is 16.5. The summed E-state index contributed by atoms with van der Waals surface area (Å²) in [6.07, 6.45) is 3.34. The Labute approximate surface area is 188 Å². The van der Waals surface area contributed by atoms with Crippen LogP contribution in [0.3, 0.4) is 0 Å². The first-order valence-corrected chi connectivity index (χ1v) is 11.0. The first-order valence-electron chi connectivity index (χ1n) is 11.0. The van der Waals surface area contributed by atoms with Crippen LogP contribution in [0, 0.1) is 0 Å². The third kappa shape index (κ3) is 4.47. The van der Waals surface area contributed by atoms with E-state index in [9.17, 15) is 4.79 Å². The molecule has 4 rings (SSSR count). The molecule has 0 atom stereocenters. The van der Waals surface area contributed by atoms with E-state index in [2.05, 4.69) is 36.3 Å². The van der Waals surface area contributed by atoms with Crippen molar-refractivity contribution in [2.75, 3.05) is 13.7 Å². The first kappa shape index (κ1) is 21.9. The van der Waals surface area contributed by atoms with Crippen molar-refractivity contribution in [3.05, 3.63) is 64.8 Å². The molecule has 1 aromatic heterocycles. The molecule has 7 nitrogen and oxygen atoms in total. The molecule has 0 amide bonds. The van der Waals surface area contributed by atoms with Crippen LogP contribution in [0.1, 0.15) is 60.8 Å². The van der Waals surface area contributed by atoms with Crippen molar-refractivity contribution in [2.24, 2.45) is 0 Å². The van der Waals surface area contributed by atoms with E-state index in [0.29, 0.717) is 12.3 Å². The molecule has 0 spiro atoms. The van der Waals surface area contributed by atoms with Crippen molar-refractivity contribution >= 4 is 5.97 Å². The van der Waals surface area contributed by atoms with E-state index in [0.717, 1.165) is 24.2 Å². The van der Waals surface area contributed by atoms with Gasteiger partial charge in [-0.05, 0) is 72.6 Å². The van der Waals surface area contributed by atoms with Crippen LogP contribution >= 0.6 is 0 Å². The maximum Gasteiger partial charge on any atom is 0.364 e. The Balaban J connectivity index is 1.66. The highest BCUT2D eigenvalue weighted by Crippen LogP contribution is 2.39. The van der Waals surface area contributed by atoms with E-state index in [1.165, 1.54) is 17.5 Å². The molecule has 32 heavy (non-hydrogen) atoms. The van der Waals surface area contributed by atoms with E-state index in [4.69, 9.17) is 14.2 Å². The Morgan fingerprint density at radius 2 is 1.88 bits per heavy atom. The van der Waals surface area contributed by atoms with E-state index in [1.54, 1.807) is 18.7 Å². The molecule has 168 valence electrons. The Hall–Kier alpha value is -3.35. The van der Waals surface area contributed by atoms with E-state index in [1.807, 2.05) is 30.3 Å². The lowest BCUT2D eigenvalue weighted by atomic mass is 9.73. The number of rotatable bonds is 7. The minimum atomic E-state index is -0.553. The number of aryl methyl sites for hydroxylation is 1. The summed E-state index contributed by atoms with van der Waals surface area (Å²) in [6, 6.07) is 13.8. The molecule has 1 aliphatic carbocycles. The van der Waals surface area contributed by atoms with Gasteiger partial charge >= 0.3 is 5.97 Å². The lowest BCUT2D eigenvalue weighted by molar-refractivity contribution is 0.0516. The number of ether oxygens (including phenoxy) is 3. The number of benzene rings is 2. The Kier molecular flexibility index (Phi) is 6.17. The lowest BCUT2D eigenvalue weighted by Crippen LogP contribution is -2.23. The molecule has 0 N–H and O–H groups in total. The van der Waals surface area contributed by atoms with E-state index >= 15 is 0 Å². The van der Waals surface area contributed by atoms with Crippen molar-refractivity contribution in [2.45, 2.75) is 52.0 Å². The van der Waals surface area contributed by atoms with Gasteiger partial charge in [-0.2, -0.15) is 0 Å². The van der Waals surface area contributed by atoms with Crippen LogP contribution < -0.4 is 9.47 Å². The van der Waals surface area contributed by atoms with Gasteiger partial charge in [0.1, 0.15) is 11.5 Å². The van der Waals surface area contributed by atoms with Crippen LogP contribution in [-0.2, 0) is 23.1 Å². The van der Waals surface area contributed by atoms with Crippen LogP contribution in [0.5, 0.6) is 17.4 Å². The molecule has 0 bridgehead atoms. The van der Waals surface area contributed by atoms with Crippen LogP contribution in [0.2, 0.25) is 0 Å². The highest BCUT2D eigenvalue weighted by molar-refractivity contribution is 5.89. The number of carbonyl (C=O) groups excluding carboxylic acids is 1. The summed E-state index contributed by atoms with van der Waals surface area (Å²) < 4.78 is 18.2. The lowest BCUT2D eigenvalue weighted by Gasteiger charge is -2.32. The monoisotopic (exact) mass is 435 g/mol. The maximum absolute atomic E-state index is 12.5. The second kappa shape index (κ2) is 9.02. The van der Waals surface area contributed by atoms with Crippen molar-refractivity contribution in [1.29, 1.82) is 0 Å². The highest BCUT2D eigenvalue weighted by Gasteiger charge is 2.28. The SMILES string of the molecule is CCOC(=O)c1nnn(Cc2ccc(OC)cc2)c1Oc1ccc2c(c1)CCCC2(C)C. The molecule has 3 aromatic rings. The van der Waals surface area contributed by atoms with E-state index < -0.39 is 5.97 Å². The summed E-state index contributed by atoms with van der Waals surface area (Å²) in [7, 11) is 1.63. The van der Waals surface area contributed by atoms with Gasteiger partial charge in [0, 0.05) is 0 Å². The molecule has 2 aromatic carbocycles. The first-order chi connectivity index (χ1) is 15.4.